The molecule has 0 aliphatic carbocycles. The molecule has 0 aromatic carbocycles. The fourth-order valence-corrected chi connectivity index (χ4v) is 17.4. The molecular formula is C25H60O3Si4. The second kappa shape index (κ2) is 11.7. The van der Waals surface area contributed by atoms with Crippen molar-refractivity contribution < 1.29 is 13.3 Å². The van der Waals surface area contributed by atoms with Gasteiger partial charge in [-0.25, -0.2) is 0 Å². The van der Waals surface area contributed by atoms with E-state index in [2.05, 4.69) is 107 Å². The van der Waals surface area contributed by atoms with Crippen molar-refractivity contribution in [1.82, 2.24) is 0 Å². The van der Waals surface area contributed by atoms with Gasteiger partial charge in [-0.3, -0.25) is 0 Å². The maximum absolute atomic E-state index is 7.49. The first-order valence-electron chi connectivity index (χ1n) is 13.3. The molecule has 194 valence electrons. The minimum absolute atomic E-state index is 0.0101. The molecule has 32 heavy (non-hydrogen) atoms. The lowest BCUT2D eigenvalue weighted by molar-refractivity contribution is 0.00102. The molecule has 0 fully saturated rings. The van der Waals surface area contributed by atoms with Crippen LogP contribution in [-0.4, -0.2) is 49.8 Å². The summed E-state index contributed by atoms with van der Waals surface area (Å²) >= 11 is 0. The maximum Gasteiger partial charge on any atom is 0.217 e. The third kappa shape index (κ3) is 7.62. The molecule has 0 aliphatic rings. The van der Waals surface area contributed by atoms with Gasteiger partial charge in [0.2, 0.25) is 8.32 Å². The molecule has 2 unspecified atom stereocenters. The summed E-state index contributed by atoms with van der Waals surface area (Å²) in [6.45, 7) is 37.8. The second-order valence-corrected chi connectivity index (χ2v) is 29.6. The van der Waals surface area contributed by atoms with E-state index in [0.29, 0.717) is 5.54 Å². The topological polar surface area (TPSA) is 27.7 Å². The van der Waals surface area contributed by atoms with E-state index in [4.69, 9.17) is 13.3 Å². The quantitative estimate of drug-likeness (QED) is 0.202. The summed E-state index contributed by atoms with van der Waals surface area (Å²) < 4.78 is 21.5. The van der Waals surface area contributed by atoms with Crippen molar-refractivity contribution in [1.29, 1.82) is 0 Å². The Balaban J connectivity index is 6.27. The molecule has 0 saturated carbocycles. The Bertz CT molecular complexity index is 557. The minimum Gasteiger partial charge on any atom is -0.418 e. The first kappa shape index (κ1) is 32.7. The van der Waals surface area contributed by atoms with Gasteiger partial charge in [0.05, 0.1) is 18.9 Å². The highest BCUT2D eigenvalue weighted by atomic mass is 28.4. The SMILES string of the molecule is CCC([SiH](C)OC(C)(C)[Si](C)(C)C)C(CC)(CC)O[Si](C)(C)C(CC)(CC)O[Si](C)(C)C. The Morgan fingerprint density at radius 1 is 0.719 bits per heavy atom. The van der Waals surface area contributed by atoms with Crippen LogP contribution in [0.15, 0.2) is 0 Å². The molecule has 0 aliphatic heterocycles. The smallest absolute Gasteiger partial charge is 0.217 e. The van der Waals surface area contributed by atoms with Crippen molar-refractivity contribution in [2.45, 2.75) is 161 Å². The molecule has 0 spiro atoms. The maximum atomic E-state index is 7.49. The van der Waals surface area contributed by atoms with Gasteiger partial charge in [0.1, 0.15) is 0 Å². The van der Waals surface area contributed by atoms with E-state index in [9.17, 15) is 0 Å². The van der Waals surface area contributed by atoms with Crippen LogP contribution in [0.2, 0.25) is 64.5 Å². The molecule has 0 bridgehead atoms. The van der Waals surface area contributed by atoms with Crippen LogP contribution < -0.4 is 0 Å². The Hall–Kier alpha value is 0.748. The van der Waals surface area contributed by atoms with Crippen LogP contribution in [-0.2, 0) is 13.3 Å². The van der Waals surface area contributed by atoms with Crippen LogP contribution in [0.3, 0.4) is 0 Å². The average Bonchev–Trinajstić information content (AvgIpc) is 2.63. The number of hydrogen-bond acceptors (Lipinski definition) is 3. The van der Waals surface area contributed by atoms with Gasteiger partial charge in [0, 0.05) is 10.8 Å². The van der Waals surface area contributed by atoms with Crippen molar-refractivity contribution in [2.75, 3.05) is 0 Å². The highest BCUT2D eigenvalue weighted by Gasteiger charge is 2.54. The first-order valence-corrected chi connectivity index (χ1v) is 25.4. The highest BCUT2D eigenvalue weighted by Crippen LogP contribution is 2.46. The predicted molar refractivity (Wildman–Crippen MR) is 155 cm³/mol. The number of hydrogen-bond donors (Lipinski definition) is 0. The molecule has 0 aromatic heterocycles. The van der Waals surface area contributed by atoms with E-state index in [1.54, 1.807) is 0 Å². The zero-order chi connectivity index (χ0) is 25.8. The standard InChI is InChI=1S/C25H60O3Si4/c1-17-22(29(8)26-23(6,7)30(9,10)11)24(18-2,19-3)27-32(15,16)25(20-4,21-5)28-31(12,13)14/h22,29H,17-21H2,1-16H3. The highest BCUT2D eigenvalue weighted by molar-refractivity contribution is 6.79. The van der Waals surface area contributed by atoms with Crippen molar-refractivity contribution in [3.8, 4) is 0 Å². The molecule has 0 rings (SSSR count). The van der Waals surface area contributed by atoms with Gasteiger partial charge < -0.3 is 13.3 Å². The molecule has 0 heterocycles. The average molecular weight is 521 g/mol. The predicted octanol–water partition coefficient (Wildman–Crippen LogP) is 8.52. The lowest BCUT2D eigenvalue weighted by Crippen LogP contribution is -2.65. The lowest BCUT2D eigenvalue weighted by atomic mass is 9.91. The summed E-state index contributed by atoms with van der Waals surface area (Å²) in [6, 6.07) is 0. The van der Waals surface area contributed by atoms with Crippen LogP contribution in [0.5, 0.6) is 0 Å². The van der Waals surface area contributed by atoms with E-state index >= 15 is 0 Å². The van der Waals surface area contributed by atoms with Gasteiger partial charge in [0.15, 0.2) is 17.4 Å². The Morgan fingerprint density at radius 2 is 1.16 bits per heavy atom. The first-order chi connectivity index (χ1) is 14.2. The van der Waals surface area contributed by atoms with Crippen molar-refractivity contribution in [3.63, 3.8) is 0 Å². The number of rotatable bonds is 15. The fraction of sp³-hybridized carbons (Fsp3) is 1.00. The van der Waals surface area contributed by atoms with Crippen LogP contribution in [0.1, 0.15) is 80.6 Å². The summed E-state index contributed by atoms with van der Waals surface area (Å²) in [5, 5.41) is -0.141. The molecule has 2 atom stereocenters. The summed E-state index contributed by atoms with van der Waals surface area (Å²) in [5.74, 6) is 0. The molecule has 0 amide bonds. The van der Waals surface area contributed by atoms with Gasteiger partial charge in [-0.2, -0.15) is 0 Å². The van der Waals surface area contributed by atoms with Crippen LogP contribution in [0.25, 0.3) is 0 Å². The largest absolute Gasteiger partial charge is 0.418 e. The van der Waals surface area contributed by atoms with Gasteiger partial charge in [-0.1, -0.05) is 60.7 Å². The normalized spacial score (nSPS) is 16.9. The van der Waals surface area contributed by atoms with E-state index in [1.165, 1.54) is 0 Å². The van der Waals surface area contributed by atoms with Crippen LogP contribution in [0.4, 0.5) is 0 Å². The Morgan fingerprint density at radius 3 is 1.44 bits per heavy atom. The van der Waals surface area contributed by atoms with Crippen LogP contribution >= 0.6 is 0 Å². The van der Waals surface area contributed by atoms with E-state index in [-0.39, 0.29) is 16.0 Å². The fourth-order valence-electron chi connectivity index (χ4n) is 5.41. The molecule has 0 saturated heterocycles. The Labute approximate surface area is 207 Å². The van der Waals surface area contributed by atoms with Gasteiger partial charge >= 0.3 is 0 Å². The summed E-state index contributed by atoms with van der Waals surface area (Å²) in [7, 11) is -6.85. The lowest BCUT2D eigenvalue weighted by Gasteiger charge is -2.54. The molecule has 0 N–H and O–H groups in total. The molecule has 0 radical (unpaired) electrons. The van der Waals surface area contributed by atoms with Crippen molar-refractivity contribution in [2.24, 2.45) is 0 Å². The molecular weight excluding hydrogens is 461 g/mol. The summed E-state index contributed by atoms with van der Waals surface area (Å²) in [5.41, 5.74) is 0.377. The second-order valence-electron chi connectivity index (χ2n) is 12.9. The third-order valence-electron chi connectivity index (χ3n) is 8.37. The van der Waals surface area contributed by atoms with Crippen molar-refractivity contribution in [3.05, 3.63) is 0 Å². The monoisotopic (exact) mass is 520 g/mol. The van der Waals surface area contributed by atoms with Gasteiger partial charge in [-0.15, -0.1) is 0 Å². The minimum atomic E-state index is -2.20. The third-order valence-corrected chi connectivity index (χ3v) is 20.6. The molecule has 7 heteroatoms. The van der Waals surface area contributed by atoms with E-state index in [1.807, 2.05) is 0 Å². The van der Waals surface area contributed by atoms with Gasteiger partial charge in [-0.05, 0) is 78.8 Å². The van der Waals surface area contributed by atoms with Crippen molar-refractivity contribution >= 4 is 33.7 Å². The van der Waals surface area contributed by atoms with E-state index < -0.39 is 33.7 Å². The van der Waals surface area contributed by atoms with Crippen LogP contribution in [0, 0.1) is 0 Å². The summed E-state index contributed by atoms with van der Waals surface area (Å²) in [6.07, 6.45) is 5.27. The molecule has 3 nitrogen and oxygen atoms in total. The zero-order valence-corrected chi connectivity index (χ0v) is 29.1. The van der Waals surface area contributed by atoms with E-state index in [0.717, 1.165) is 32.1 Å². The Kier molecular flexibility index (Phi) is 11.9. The zero-order valence-electron chi connectivity index (χ0n) is 24.9. The van der Waals surface area contributed by atoms with Gasteiger partial charge in [0.25, 0.3) is 0 Å². The molecule has 0 aromatic rings. The summed E-state index contributed by atoms with van der Waals surface area (Å²) in [4.78, 5) is 0.